The van der Waals surface area contributed by atoms with Crippen LogP contribution in [-0.2, 0) is 0 Å². The molecule has 0 radical (unpaired) electrons. The SMILES string of the molecule is Cc1cnc(C(C)Nc2ncc(C(=O)O)c(C)n2)o1. The fourth-order valence-corrected chi connectivity index (χ4v) is 1.57. The maximum absolute atomic E-state index is 10.9. The molecule has 100 valence electrons. The molecule has 1 unspecified atom stereocenters. The second kappa shape index (κ2) is 5.05. The van der Waals surface area contributed by atoms with Crippen LogP contribution < -0.4 is 5.32 Å². The van der Waals surface area contributed by atoms with E-state index >= 15 is 0 Å². The number of oxazole rings is 1. The zero-order valence-corrected chi connectivity index (χ0v) is 10.8. The number of aryl methyl sites for hydroxylation is 2. The molecule has 0 amide bonds. The highest BCUT2D eigenvalue weighted by molar-refractivity contribution is 5.88. The topological polar surface area (TPSA) is 101 Å². The molecule has 2 aromatic heterocycles. The van der Waals surface area contributed by atoms with Crippen LogP contribution in [0.3, 0.4) is 0 Å². The Bertz CT molecular complexity index is 609. The third-order valence-electron chi connectivity index (χ3n) is 2.56. The lowest BCUT2D eigenvalue weighted by Crippen LogP contribution is -2.12. The highest BCUT2D eigenvalue weighted by atomic mass is 16.4. The van der Waals surface area contributed by atoms with E-state index in [2.05, 4.69) is 20.3 Å². The second-order valence-electron chi connectivity index (χ2n) is 4.17. The highest BCUT2D eigenvalue weighted by Crippen LogP contribution is 2.17. The van der Waals surface area contributed by atoms with E-state index in [0.29, 0.717) is 17.5 Å². The minimum atomic E-state index is -1.04. The van der Waals surface area contributed by atoms with Crippen LogP contribution in [0.4, 0.5) is 5.95 Å². The third-order valence-corrected chi connectivity index (χ3v) is 2.56. The van der Waals surface area contributed by atoms with Gasteiger partial charge in [0, 0.05) is 6.20 Å². The molecule has 7 heteroatoms. The molecule has 0 aliphatic heterocycles. The van der Waals surface area contributed by atoms with Gasteiger partial charge in [-0.2, -0.15) is 0 Å². The van der Waals surface area contributed by atoms with E-state index in [9.17, 15) is 4.79 Å². The summed E-state index contributed by atoms with van der Waals surface area (Å²) >= 11 is 0. The van der Waals surface area contributed by atoms with Crippen LogP contribution >= 0.6 is 0 Å². The molecule has 0 aliphatic carbocycles. The molecule has 0 bridgehead atoms. The standard InChI is InChI=1S/C12H14N4O3/c1-6-4-13-10(19-6)8(3)16-12-14-5-9(11(17)18)7(2)15-12/h4-5,8H,1-3H3,(H,17,18)(H,14,15,16). The molecular formula is C12H14N4O3. The van der Waals surface area contributed by atoms with Crippen molar-refractivity contribution in [3.63, 3.8) is 0 Å². The van der Waals surface area contributed by atoms with Crippen molar-refractivity contribution < 1.29 is 14.3 Å². The number of nitrogens with zero attached hydrogens (tertiary/aromatic N) is 3. The lowest BCUT2D eigenvalue weighted by atomic mass is 10.2. The molecule has 0 aromatic carbocycles. The van der Waals surface area contributed by atoms with Crippen molar-refractivity contribution in [2.45, 2.75) is 26.8 Å². The number of nitrogens with one attached hydrogen (secondary N) is 1. The summed E-state index contributed by atoms with van der Waals surface area (Å²) in [4.78, 5) is 23.0. The maximum atomic E-state index is 10.9. The predicted molar refractivity (Wildman–Crippen MR) is 67.0 cm³/mol. The number of aromatic carboxylic acids is 1. The van der Waals surface area contributed by atoms with E-state index in [1.54, 1.807) is 13.1 Å². The van der Waals surface area contributed by atoms with Gasteiger partial charge in [-0.15, -0.1) is 0 Å². The molecule has 0 fully saturated rings. The fraction of sp³-hybridized carbons (Fsp3) is 0.333. The zero-order valence-electron chi connectivity index (χ0n) is 10.8. The quantitative estimate of drug-likeness (QED) is 0.868. The van der Waals surface area contributed by atoms with Gasteiger partial charge in [-0.3, -0.25) is 0 Å². The number of rotatable bonds is 4. The second-order valence-corrected chi connectivity index (χ2v) is 4.17. The Morgan fingerprint density at radius 3 is 2.63 bits per heavy atom. The predicted octanol–water partition coefficient (Wildman–Crippen LogP) is 1.95. The Labute approximate surface area is 109 Å². The van der Waals surface area contributed by atoms with Crippen LogP contribution in [0.2, 0.25) is 0 Å². The number of aromatic nitrogens is 3. The van der Waals surface area contributed by atoms with Gasteiger partial charge in [0.05, 0.1) is 17.5 Å². The first-order valence-electron chi connectivity index (χ1n) is 5.73. The van der Waals surface area contributed by atoms with E-state index in [1.165, 1.54) is 6.20 Å². The first-order valence-corrected chi connectivity index (χ1v) is 5.73. The van der Waals surface area contributed by atoms with Crippen molar-refractivity contribution in [1.82, 2.24) is 15.0 Å². The minimum Gasteiger partial charge on any atom is -0.478 e. The van der Waals surface area contributed by atoms with Gasteiger partial charge >= 0.3 is 5.97 Å². The lowest BCUT2D eigenvalue weighted by molar-refractivity contribution is 0.0695. The number of hydrogen-bond donors (Lipinski definition) is 2. The van der Waals surface area contributed by atoms with E-state index in [-0.39, 0.29) is 11.6 Å². The molecule has 2 aromatic rings. The maximum Gasteiger partial charge on any atom is 0.339 e. The van der Waals surface area contributed by atoms with Crippen LogP contribution in [0.1, 0.15) is 40.7 Å². The number of hydrogen-bond acceptors (Lipinski definition) is 6. The van der Waals surface area contributed by atoms with Gasteiger partial charge in [0.15, 0.2) is 0 Å². The first-order chi connectivity index (χ1) is 8.97. The Kier molecular flexibility index (Phi) is 3.46. The number of anilines is 1. The number of carboxylic acid groups (broad SMARTS) is 1. The van der Waals surface area contributed by atoms with Gasteiger partial charge in [-0.05, 0) is 20.8 Å². The van der Waals surface area contributed by atoms with Gasteiger partial charge in [-0.1, -0.05) is 0 Å². The molecule has 7 nitrogen and oxygen atoms in total. The Balaban J connectivity index is 2.15. The monoisotopic (exact) mass is 262 g/mol. The molecule has 2 heterocycles. The van der Waals surface area contributed by atoms with Crippen molar-refractivity contribution in [2.75, 3.05) is 5.32 Å². The van der Waals surface area contributed by atoms with Crippen LogP contribution in [0.15, 0.2) is 16.8 Å². The summed E-state index contributed by atoms with van der Waals surface area (Å²) in [5.41, 5.74) is 0.492. The van der Waals surface area contributed by atoms with Crippen LogP contribution in [0.25, 0.3) is 0 Å². The Morgan fingerprint density at radius 2 is 2.11 bits per heavy atom. The van der Waals surface area contributed by atoms with Gasteiger partial charge in [0.1, 0.15) is 11.8 Å². The summed E-state index contributed by atoms with van der Waals surface area (Å²) in [6.07, 6.45) is 2.91. The summed E-state index contributed by atoms with van der Waals surface area (Å²) in [6.45, 7) is 5.29. The number of carboxylic acids is 1. The van der Waals surface area contributed by atoms with Crippen molar-refractivity contribution >= 4 is 11.9 Å². The van der Waals surface area contributed by atoms with Gasteiger partial charge in [0.25, 0.3) is 0 Å². The van der Waals surface area contributed by atoms with E-state index < -0.39 is 5.97 Å². The Morgan fingerprint density at radius 1 is 1.37 bits per heavy atom. The van der Waals surface area contributed by atoms with Crippen molar-refractivity contribution in [3.8, 4) is 0 Å². The average Bonchev–Trinajstić information content (AvgIpc) is 2.75. The van der Waals surface area contributed by atoms with Crippen LogP contribution in [0, 0.1) is 13.8 Å². The molecule has 0 spiro atoms. The summed E-state index contributed by atoms with van der Waals surface area (Å²) in [5, 5.41) is 11.9. The lowest BCUT2D eigenvalue weighted by Gasteiger charge is -2.11. The molecule has 2 N–H and O–H groups in total. The molecule has 1 atom stereocenters. The van der Waals surface area contributed by atoms with Gasteiger partial charge in [0.2, 0.25) is 11.8 Å². The van der Waals surface area contributed by atoms with Gasteiger partial charge < -0.3 is 14.8 Å². The van der Waals surface area contributed by atoms with Crippen LogP contribution in [-0.4, -0.2) is 26.0 Å². The molecule has 19 heavy (non-hydrogen) atoms. The largest absolute Gasteiger partial charge is 0.478 e. The smallest absolute Gasteiger partial charge is 0.339 e. The summed E-state index contributed by atoms with van der Waals surface area (Å²) in [5.74, 6) is 0.550. The van der Waals surface area contributed by atoms with Gasteiger partial charge in [-0.25, -0.2) is 19.7 Å². The molecular weight excluding hydrogens is 248 g/mol. The molecule has 0 saturated heterocycles. The summed E-state index contributed by atoms with van der Waals surface area (Å²) in [6, 6.07) is -0.205. The van der Waals surface area contributed by atoms with Crippen molar-refractivity contribution in [2.24, 2.45) is 0 Å². The van der Waals surface area contributed by atoms with Crippen molar-refractivity contribution in [3.05, 3.63) is 35.3 Å². The normalized spacial score (nSPS) is 12.2. The highest BCUT2D eigenvalue weighted by Gasteiger charge is 2.14. The van der Waals surface area contributed by atoms with Crippen molar-refractivity contribution in [1.29, 1.82) is 0 Å². The molecule has 2 rings (SSSR count). The summed E-state index contributed by atoms with van der Waals surface area (Å²) < 4.78 is 5.39. The third kappa shape index (κ3) is 2.87. The van der Waals surface area contributed by atoms with E-state index in [4.69, 9.17) is 9.52 Å². The van der Waals surface area contributed by atoms with E-state index in [0.717, 1.165) is 5.76 Å². The number of carbonyl (C=O) groups is 1. The van der Waals surface area contributed by atoms with E-state index in [1.807, 2.05) is 13.8 Å². The minimum absolute atomic E-state index is 0.0881. The molecule has 0 aliphatic rings. The first kappa shape index (κ1) is 13.0. The fourth-order valence-electron chi connectivity index (χ4n) is 1.57. The Hall–Kier alpha value is -2.44. The average molecular weight is 262 g/mol. The zero-order chi connectivity index (χ0) is 14.0. The summed E-state index contributed by atoms with van der Waals surface area (Å²) in [7, 11) is 0. The van der Waals surface area contributed by atoms with Crippen LogP contribution in [0.5, 0.6) is 0 Å². The molecule has 0 saturated carbocycles.